The van der Waals surface area contributed by atoms with Crippen LogP contribution in [0, 0.1) is 0 Å². The molecule has 4 nitrogen and oxygen atoms in total. The van der Waals surface area contributed by atoms with E-state index in [1.165, 1.54) is 12.1 Å². The van der Waals surface area contributed by atoms with Crippen molar-refractivity contribution in [2.24, 2.45) is 0 Å². The van der Waals surface area contributed by atoms with Crippen LogP contribution < -0.4 is 10.1 Å². The zero-order chi connectivity index (χ0) is 13.3. The predicted molar refractivity (Wildman–Crippen MR) is 55.2 cm³/mol. The Bertz CT molecular complexity index is 473. The van der Waals surface area contributed by atoms with Crippen LogP contribution >= 0.6 is 0 Å². The lowest BCUT2D eigenvalue weighted by molar-refractivity contribution is -0.138. The summed E-state index contributed by atoms with van der Waals surface area (Å²) in [5, 5.41) is 2.42. The first-order valence-corrected chi connectivity index (χ1v) is 5.11. The van der Waals surface area contributed by atoms with Crippen LogP contribution in [-0.2, 0) is 10.9 Å². The number of rotatable bonds is 2. The fourth-order valence-electron chi connectivity index (χ4n) is 1.83. The molecule has 1 amide bonds. The molecule has 1 saturated heterocycles. The van der Waals surface area contributed by atoms with Gasteiger partial charge in [-0.2, -0.15) is 13.2 Å². The largest absolute Gasteiger partial charge is 0.496 e. The molecule has 1 N–H and O–H groups in total. The molecule has 0 spiro atoms. The normalized spacial score (nSPS) is 19.3. The van der Waals surface area contributed by atoms with Crippen LogP contribution in [0.5, 0.6) is 5.75 Å². The summed E-state index contributed by atoms with van der Waals surface area (Å²) in [7, 11) is 1.16. The molecule has 0 radical (unpaired) electrons. The van der Waals surface area contributed by atoms with Gasteiger partial charge in [0.05, 0.1) is 18.7 Å². The van der Waals surface area contributed by atoms with Crippen LogP contribution in [0.25, 0.3) is 0 Å². The third kappa shape index (κ3) is 2.20. The fourth-order valence-corrected chi connectivity index (χ4v) is 1.83. The minimum Gasteiger partial charge on any atom is -0.496 e. The first-order chi connectivity index (χ1) is 8.43. The highest BCUT2D eigenvalue weighted by Crippen LogP contribution is 2.40. The van der Waals surface area contributed by atoms with Crippen LogP contribution in [0.3, 0.4) is 0 Å². The number of amides is 1. The lowest BCUT2D eigenvalue weighted by Gasteiger charge is -2.17. The summed E-state index contributed by atoms with van der Waals surface area (Å²) < 4.78 is 47.8. The Labute approximate surface area is 101 Å². The number of carbonyl (C=O) groups excluding carboxylic acids is 1. The average molecular weight is 261 g/mol. The minimum atomic E-state index is -4.51. The molecule has 0 aliphatic carbocycles. The number of alkyl carbamates (subject to hydrolysis) is 1. The number of nitrogens with one attached hydrogen (secondary N) is 1. The van der Waals surface area contributed by atoms with Gasteiger partial charge in [0.25, 0.3) is 0 Å². The Morgan fingerprint density at radius 3 is 2.67 bits per heavy atom. The molecular weight excluding hydrogens is 251 g/mol. The number of cyclic esters (lactones) is 1. The van der Waals surface area contributed by atoms with E-state index < -0.39 is 23.9 Å². The van der Waals surface area contributed by atoms with E-state index >= 15 is 0 Å². The summed E-state index contributed by atoms with van der Waals surface area (Å²) in [5.41, 5.74) is -0.623. The Kier molecular flexibility index (Phi) is 3.06. The Morgan fingerprint density at radius 2 is 2.17 bits per heavy atom. The number of ether oxygens (including phenoxy) is 2. The van der Waals surface area contributed by atoms with Gasteiger partial charge in [0.1, 0.15) is 12.4 Å². The summed E-state index contributed by atoms with van der Waals surface area (Å²) >= 11 is 0. The number of alkyl halides is 3. The molecule has 7 heteroatoms. The zero-order valence-electron chi connectivity index (χ0n) is 9.38. The average Bonchev–Trinajstić information content (AvgIpc) is 2.73. The summed E-state index contributed by atoms with van der Waals surface area (Å²) in [4.78, 5) is 10.9. The van der Waals surface area contributed by atoms with Gasteiger partial charge in [0.15, 0.2) is 0 Å². The van der Waals surface area contributed by atoms with Crippen LogP contribution in [-0.4, -0.2) is 19.8 Å². The van der Waals surface area contributed by atoms with E-state index in [1.54, 1.807) is 0 Å². The van der Waals surface area contributed by atoms with Crippen LogP contribution in [0.2, 0.25) is 0 Å². The number of halogens is 3. The second kappa shape index (κ2) is 4.40. The first-order valence-electron chi connectivity index (χ1n) is 5.11. The molecule has 1 fully saturated rings. The monoisotopic (exact) mass is 261 g/mol. The van der Waals surface area contributed by atoms with Crippen molar-refractivity contribution in [3.63, 3.8) is 0 Å². The quantitative estimate of drug-likeness (QED) is 0.889. The van der Waals surface area contributed by atoms with Crippen molar-refractivity contribution in [1.82, 2.24) is 5.32 Å². The molecule has 0 aromatic heterocycles. The second-order valence-electron chi connectivity index (χ2n) is 3.72. The maximum Gasteiger partial charge on any atom is 0.419 e. The third-order valence-electron chi connectivity index (χ3n) is 2.60. The van der Waals surface area contributed by atoms with Crippen molar-refractivity contribution >= 4 is 6.09 Å². The Morgan fingerprint density at radius 1 is 1.44 bits per heavy atom. The van der Waals surface area contributed by atoms with Gasteiger partial charge in [-0.15, -0.1) is 0 Å². The number of carbonyl (C=O) groups is 1. The van der Waals surface area contributed by atoms with E-state index in [0.717, 1.165) is 13.2 Å². The van der Waals surface area contributed by atoms with Gasteiger partial charge < -0.3 is 14.8 Å². The van der Waals surface area contributed by atoms with E-state index in [0.29, 0.717) is 0 Å². The predicted octanol–water partition coefficient (Wildman–Crippen LogP) is 2.49. The zero-order valence-corrected chi connectivity index (χ0v) is 9.38. The molecule has 0 bridgehead atoms. The highest BCUT2D eigenvalue weighted by Gasteiger charge is 2.37. The highest BCUT2D eigenvalue weighted by molar-refractivity contribution is 5.70. The number of hydrogen-bond donors (Lipinski definition) is 1. The molecule has 18 heavy (non-hydrogen) atoms. The molecule has 1 heterocycles. The van der Waals surface area contributed by atoms with Gasteiger partial charge in [-0.3, -0.25) is 0 Å². The molecule has 1 aromatic rings. The van der Waals surface area contributed by atoms with Gasteiger partial charge in [-0.1, -0.05) is 12.1 Å². The van der Waals surface area contributed by atoms with Gasteiger partial charge in [-0.05, 0) is 6.07 Å². The van der Waals surface area contributed by atoms with E-state index in [1.807, 2.05) is 0 Å². The van der Waals surface area contributed by atoms with E-state index in [-0.39, 0.29) is 17.9 Å². The smallest absolute Gasteiger partial charge is 0.419 e. The van der Waals surface area contributed by atoms with Gasteiger partial charge in [-0.25, -0.2) is 4.79 Å². The lowest BCUT2D eigenvalue weighted by Crippen LogP contribution is -2.20. The highest BCUT2D eigenvalue weighted by atomic mass is 19.4. The molecule has 0 saturated carbocycles. The molecule has 1 aromatic carbocycles. The number of para-hydroxylation sites is 1. The summed E-state index contributed by atoms with van der Waals surface area (Å²) in [5.74, 6) is -0.291. The molecule has 1 unspecified atom stereocenters. The van der Waals surface area contributed by atoms with Crippen LogP contribution in [0.1, 0.15) is 17.2 Å². The van der Waals surface area contributed by atoms with Crippen molar-refractivity contribution in [2.45, 2.75) is 12.2 Å². The Hall–Kier alpha value is -1.92. The SMILES string of the molecule is COc1c(C2COC(=O)N2)cccc1C(F)(F)F. The van der Waals surface area contributed by atoms with E-state index in [2.05, 4.69) is 10.1 Å². The maximum atomic E-state index is 12.8. The molecular formula is C11H10F3NO3. The van der Waals surface area contributed by atoms with Gasteiger partial charge in [0.2, 0.25) is 0 Å². The summed E-state index contributed by atoms with van der Waals surface area (Å²) in [6.07, 6.45) is -5.16. The maximum absolute atomic E-state index is 12.8. The molecule has 1 atom stereocenters. The lowest BCUT2D eigenvalue weighted by atomic mass is 10.0. The van der Waals surface area contributed by atoms with Crippen molar-refractivity contribution < 1.29 is 27.4 Å². The van der Waals surface area contributed by atoms with E-state index in [9.17, 15) is 18.0 Å². The van der Waals surface area contributed by atoms with Crippen LogP contribution in [0.4, 0.5) is 18.0 Å². The second-order valence-corrected chi connectivity index (χ2v) is 3.72. The number of benzene rings is 1. The molecule has 1 aliphatic rings. The molecule has 98 valence electrons. The molecule has 2 rings (SSSR count). The summed E-state index contributed by atoms with van der Waals surface area (Å²) in [6.45, 7) is -0.0174. The van der Waals surface area contributed by atoms with Gasteiger partial charge >= 0.3 is 12.3 Å². The molecule has 1 aliphatic heterocycles. The standard InChI is InChI=1S/C11H10F3NO3/c1-17-9-6(8-5-18-10(16)15-8)3-2-4-7(9)11(12,13)14/h2-4,8H,5H2,1H3,(H,15,16). The van der Waals surface area contributed by atoms with Crippen LogP contribution in [0.15, 0.2) is 18.2 Å². The minimum absolute atomic E-state index is 0.0174. The fraction of sp³-hybridized carbons (Fsp3) is 0.364. The van der Waals surface area contributed by atoms with Crippen molar-refractivity contribution in [3.05, 3.63) is 29.3 Å². The number of hydrogen-bond acceptors (Lipinski definition) is 3. The topological polar surface area (TPSA) is 47.6 Å². The van der Waals surface area contributed by atoms with Crippen molar-refractivity contribution in [1.29, 1.82) is 0 Å². The van der Waals surface area contributed by atoms with E-state index in [4.69, 9.17) is 4.74 Å². The first kappa shape index (κ1) is 12.5. The number of methoxy groups -OCH3 is 1. The van der Waals surface area contributed by atoms with Crippen molar-refractivity contribution in [2.75, 3.05) is 13.7 Å². The third-order valence-corrected chi connectivity index (χ3v) is 2.60. The summed E-state index contributed by atoms with van der Waals surface area (Å²) in [6, 6.07) is 3.04. The Balaban J connectivity index is 2.45. The van der Waals surface area contributed by atoms with Crippen molar-refractivity contribution in [3.8, 4) is 5.75 Å². The van der Waals surface area contributed by atoms with Gasteiger partial charge in [0, 0.05) is 5.56 Å².